The number of hydrogen-bond acceptors (Lipinski definition) is 7. The molecule has 0 saturated carbocycles. The molecule has 0 bridgehead atoms. The fraction of sp³-hybridized carbons (Fsp3) is 0. The van der Waals surface area contributed by atoms with E-state index in [1.807, 2.05) is 72.8 Å². The minimum absolute atomic E-state index is 0.529. The van der Waals surface area contributed by atoms with Gasteiger partial charge in [-0.25, -0.2) is 19.9 Å². The summed E-state index contributed by atoms with van der Waals surface area (Å²) in [4.78, 5) is 20.8. The number of benzene rings is 7. The lowest BCUT2D eigenvalue weighted by molar-refractivity contribution is 0.669. The third-order valence-corrected chi connectivity index (χ3v) is 10.6. The average Bonchev–Trinajstić information content (AvgIpc) is 3.90. The second-order valence-corrected chi connectivity index (χ2v) is 13.7. The van der Waals surface area contributed by atoms with Gasteiger partial charge in [-0.05, 0) is 41.1 Å². The molecule has 0 fully saturated rings. The predicted molar refractivity (Wildman–Crippen MR) is 207 cm³/mol. The molecular formula is C44H24N4O2S. The first-order valence-corrected chi connectivity index (χ1v) is 17.5. The first kappa shape index (κ1) is 28.2. The van der Waals surface area contributed by atoms with Crippen LogP contribution in [0.4, 0.5) is 0 Å². The van der Waals surface area contributed by atoms with E-state index in [9.17, 15) is 0 Å². The van der Waals surface area contributed by atoms with E-state index in [1.165, 1.54) is 10.8 Å². The number of furan rings is 2. The van der Waals surface area contributed by atoms with Gasteiger partial charge in [-0.3, -0.25) is 0 Å². The normalized spacial score (nSPS) is 11.9. The van der Waals surface area contributed by atoms with Gasteiger partial charge in [-0.15, -0.1) is 11.3 Å². The summed E-state index contributed by atoms with van der Waals surface area (Å²) in [5.74, 6) is 1.65. The summed E-state index contributed by atoms with van der Waals surface area (Å²) in [6.07, 6.45) is 0. The van der Waals surface area contributed by atoms with Crippen LogP contribution in [0.25, 0.3) is 110 Å². The van der Waals surface area contributed by atoms with Crippen LogP contribution in [-0.2, 0) is 0 Å². The molecular weight excluding hydrogens is 649 g/mol. The maximum absolute atomic E-state index is 6.50. The molecule has 0 aliphatic rings. The third-order valence-electron chi connectivity index (χ3n) is 9.55. The van der Waals surface area contributed by atoms with Gasteiger partial charge in [0.2, 0.25) is 0 Å². The Labute approximate surface area is 294 Å². The standard InChI is InChI=1S/C44H24N4O2S/c1-2-11-26(12-3-1)41-46-42(28-20-21-31-30-14-6-8-16-33(30)49-35(31)23-28)48-43(47-41)39-38-32-15-7-9-17-34(32)50-36(38)24-37-40(39)45-44(51-37)29-19-18-25-10-4-5-13-27(25)22-29/h1-24H. The van der Waals surface area contributed by atoms with E-state index in [0.29, 0.717) is 17.5 Å². The van der Waals surface area contributed by atoms with Crippen molar-refractivity contribution in [2.45, 2.75) is 0 Å². The van der Waals surface area contributed by atoms with Crippen molar-refractivity contribution in [2.24, 2.45) is 0 Å². The van der Waals surface area contributed by atoms with Gasteiger partial charge in [-0.2, -0.15) is 0 Å². The summed E-state index contributed by atoms with van der Waals surface area (Å²) in [7, 11) is 0. The molecule has 0 atom stereocenters. The molecule has 0 spiro atoms. The lowest BCUT2D eigenvalue weighted by Gasteiger charge is -2.10. The number of rotatable bonds is 4. The van der Waals surface area contributed by atoms with Gasteiger partial charge in [0, 0.05) is 44.3 Å². The van der Waals surface area contributed by atoms with Crippen LogP contribution in [0.15, 0.2) is 154 Å². The Bertz CT molecular complexity index is 3160. The topological polar surface area (TPSA) is 77.8 Å². The molecule has 0 aliphatic carbocycles. The van der Waals surface area contributed by atoms with Crippen molar-refractivity contribution in [2.75, 3.05) is 0 Å². The van der Waals surface area contributed by atoms with Crippen molar-refractivity contribution in [1.82, 2.24) is 19.9 Å². The second-order valence-electron chi connectivity index (χ2n) is 12.6. The lowest BCUT2D eigenvalue weighted by Crippen LogP contribution is -2.01. The quantitative estimate of drug-likeness (QED) is 0.185. The van der Waals surface area contributed by atoms with Crippen LogP contribution in [0.1, 0.15) is 0 Å². The molecule has 0 unspecified atom stereocenters. The van der Waals surface area contributed by atoms with E-state index in [-0.39, 0.29) is 0 Å². The van der Waals surface area contributed by atoms with Crippen molar-refractivity contribution in [3.63, 3.8) is 0 Å². The first-order valence-electron chi connectivity index (χ1n) is 16.7. The zero-order chi connectivity index (χ0) is 33.5. The SMILES string of the molecule is c1ccc(-c2nc(-c3ccc4c(c3)oc3ccccc34)nc(-c3c4nc(-c5ccc6ccccc6c5)sc4cc4oc5ccccc5c34)n2)cc1. The Morgan fingerprint density at radius 1 is 0.412 bits per heavy atom. The monoisotopic (exact) mass is 672 g/mol. The predicted octanol–water partition coefficient (Wildman–Crippen LogP) is 12.1. The summed E-state index contributed by atoms with van der Waals surface area (Å²) < 4.78 is 13.8. The summed E-state index contributed by atoms with van der Waals surface area (Å²) >= 11 is 1.64. The molecule has 51 heavy (non-hydrogen) atoms. The maximum atomic E-state index is 6.50. The molecule has 11 aromatic rings. The number of thiazole rings is 1. The molecule has 11 rings (SSSR count). The van der Waals surface area contributed by atoms with Gasteiger partial charge in [0.25, 0.3) is 0 Å². The molecule has 4 heterocycles. The zero-order valence-electron chi connectivity index (χ0n) is 26.9. The van der Waals surface area contributed by atoms with E-state index in [1.54, 1.807) is 11.3 Å². The summed E-state index contributed by atoms with van der Waals surface area (Å²) in [6.45, 7) is 0. The first-order chi connectivity index (χ1) is 25.2. The molecule has 0 N–H and O–H groups in total. The highest BCUT2D eigenvalue weighted by Crippen LogP contribution is 2.44. The van der Waals surface area contributed by atoms with Gasteiger partial charge < -0.3 is 8.83 Å². The van der Waals surface area contributed by atoms with Crippen LogP contribution in [0.3, 0.4) is 0 Å². The van der Waals surface area contributed by atoms with Gasteiger partial charge in [0.05, 0.1) is 15.8 Å². The Morgan fingerprint density at radius 3 is 1.92 bits per heavy atom. The van der Waals surface area contributed by atoms with Gasteiger partial charge >= 0.3 is 0 Å². The maximum Gasteiger partial charge on any atom is 0.167 e. The fourth-order valence-corrected chi connectivity index (χ4v) is 8.13. The fourth-order valence-electron chi connectivity index (χ4n) is 7.13. The van der Waals surface area contributed by atoms with E-state index in [0.717, 1.165) is 81.4 Å². The molecule has 0 radical (unpaired) electrons. The molecule has 7 aromatic carbocycles. The summed E-state index contributed by atoms with van der Waals surface area (Å²) in [5.41, 5.74) is 7.61. The Hall–Kier alpha value is -6.70. The van der Waals surface area contributed by atoms with Gasteiger partial charge in [0.15, 0.2) is 17.5 Å². The van der Waals surface area contributed by atoms with Crippen molar-refractivity contribution >= 4 is 76.2 Å². The Morgan fingerprint density at radius 2 is 1.06 bits per heavy atom. The number of aromatic nitrogens is 4. The van der Waals surface area contributed by atoms with E-state index in [4.69, 9.17) is 28.8 Å². The highest BCUT2D eigenvalue weighted by atomic mass is 32.1. The molecule has 7 heteroatoms. The highest BCUT2D eigenvalue weighted by Gasteiger charge is 2.24. The van der Waals surface area contributed by atoms with Crippen LogP contribution in [0.5, 0.6) is 0 Å². The summed E-state index contributed by atoms with van der Waals surface area (Å²) in [5, 5.41) is 7.32. The average molecular weight is 673 g/mol. The summed E-state index contributed by atoms with van der Waals surface area (Å²) in [6, 6.07) is 49.4. The van der Waals surface area contributed by atoms with Crippen molar-refractivity contribution in [1.29, 1.82) is 0 Å². The minimum atomic E-state index is 0.529. The van der Waals surface area contributed by atoms with E-state index >= 15 is 0 Å². The molecule has 0 amide bonds. The number of nitrogens with zero attached hydrogens (tertiary/aromatic N) is 4. The van der Waals surface area contributed by atoms with E-state index < -0.39 is 0 Å². The van der Waals surface area contributed by atoms with Crippen molar-refractivity contribution < 1.29 is 8.83 Å². The second kappa shape index (κ2) is 10.9. The Balaban J connectivity index is 1.20. The number of fused-ring (bicyclic) bond motifs is 8. The van der Waals surface area contributed by atoms with E-state index in [2.05, 4.69) is 72.8 Å². The highest BCUT2D eigenvalue weighted by molar-refractivity contribution is 7.21. The van der Waals surface area contributed by atoms with Crippen molar-refractivity contribution in [3.8, 4) is 44.7 Å². The smallest absolute Gasteiger partial charge is 0.167 e. The van der Waals surface area contributed by atoms with Gasteiger partial charge in [-0.1, -0.05) is 109 Å². The zero-order valence-corrected chi connectivity index (χ0v) is 27.7. The van der Waals surface area contributed by atoms with Crippen LogP contribution < -0.4 is 0 Å². The molecule has 238 valence electrons. The largest absolute Gasteiger partial charge is 0.456 e. The Kier molecular flexibility index (Phi) is 6.02. The third kappa shape index (κ3) is 4.49. The van der Waals surface area contributed by atoms with Gasteiger partial charge in [0.1, 0.15) is 27.3 Å². The lowest BCUT2D eigenvalue weighted by atomic mass is 10.0. The minimum Gasteiger partial charge on any atom is -0.456 e. The van der Waals surface area contributed by atoms with Crippen LogP contribution in [0.2, 0.25) is 0 Å². The van der Waals surface area contributed by atoms with Crippen LogP contribution >= 0.6 is 11.3 Å². The van der Waals surface area contributed by atoms with Crippen LogP contribution in [-0.4, -0.2) is 19.9 Å². The number of para-hydroxylation sites is 2. The van der Waals surface area contributed by atoms with Crippen LogP contribution in [0, 0.1) is 0 Å². The van der Waals surface area contributed by atoms with Crippen molar-refractivity contribution in [3.05, 3.63) is 146 Å². The molecule has 4 aromatic heterocycles. The molecule has 6 nitrogen and oxygen atoms in total. The molecule has 0 aliphatic heterocycles. The molecule has 0 saturated heterocycles. The number of hydrogen-bond donors (Lipinski definition) is 0.